The molecule has 0 atom stereocenters. The first-order valence-electron chi connectivity index (χ1n) is 6.61. The van der Waals surface area contributed by atoms with Gasteiger partial charge >= 0.3 is 6.03 Å². The van der Waals surface area contributed by atoms with Gasteiger partial charge in [0.1, 0.15) is 0 Å². The van der Waals surface area contributed by atoms with Crippen LogP contribution in [0.3, 0.4) is 0 Å². The Balaban J connectivity index is 1.70. The van der Waals surface area contributed by atoms with E-state index in [0.717, 1.165) is 23.5 Å². The molecule has 5 nitrogen and oxygen atoms in total. The molecule has 1 aromatic heterocycles. The molecule has 1 heterocycles. The van der Waals surface area contributed by atoms with E-state index in [1.54, 1.807) is 11.3 Å². The normalized spacial score (nSPS) is 16.4. The molecule has 106 valence electrons. The van der Waals surface area contributed by atoms with Crippen LogP contribution < -0.4 is 10.6 Å². The topological polar surface area (TPSA) is 74.2 Å². The predicted molar refractivity (Wildman–Crippen MR) is 75.2 cm³/mol. The molecule has 0 aliphatic heterocycles. The largest absolute Gasteiger partial charge is 0.396 e. The van der Waals surface area contributed by atoms with Gasteiger partial charge in [0, 0.05) is 23.3 Å². The molecule has 0 aromatic carbocycles. The van der Waals surface area contributed by atoms with Gasteiger partial charge in [0.15, 0.2) is 0 Å². The van der Waals surface area contributed by atoms with Crippen molar-refractivity contribution in [1.82, 2.24) is 15.6 Å². The minimum Gasteiger partial charge on any atom is -0.396 e. The van der Waals surface area contributed by atoms with Crippen LogP contribution in [0.1, 0.15) is 43.3 Å². The fraction of sp³-hybridized carbons (Fsp3) is 0.692. The maximum Gasteiger partial charge on any atom is 0.315 e. The van der Waals surface area contributed by atoms with Crippen molar-refractivity contribution in [3.63, 3.8) is 0 Å². The van der Waals surface area contributed by atoms with Crippen molar-refractivity contribution < 1.29 is 9.90 Å². The lowest BCUT2D eigenvalue weighted by atomic mass is 10.1. The van der Waals surface area contributed by atoms with Gasteiger partial charge in [-0.15, -0.1) is 11.3 Å². The van der Waals surface area contributed by atoms with Crippen LogP contribution in [0.25, 0.3) is 0 Å². The first-order chi connectivity index (χ1) is 9.04. The van der Waals surface area contributed by atoms with Gasteiger partial charge in [-0.25, -0.2) is 9.78 Å². The van der Waals surface area contributed by atoms with Crippen LogP contribution in [0.4, 0.5) is 4.79 Å². The summed E-state index contributed by atoms with van der Waals surface area (Å²) < 4.78 is 0. The Morgan fingerprint density at radius 1 is 1.53 bits per heavy atom. The standard InChI is InChI=1S/C13H21N3O2S/c1-9(2)11-16-10(6-19-11)5-14-12(18)15-7-13(8-17)3-4-13/h6,9,17H,3-5,7-8H2,1-2H3,(H2,14,15,18). The summed E-state index contributed by atoms with van der Waals surface area (Å²) in [6, 6.07) is -0.196. The van der Waals surface area contributed by atoms with Crippen LogP contribution in [-0.4, -0.2) is 29.3 Å². The summed E-state index contributed by atoms with van der Waals surface area (Å²) >= 11 is 1.62. The van der Waals surface area contributed by atoms with Crippen molar-refractivity contribution in [1.29, 1.82) is 0 Å². The van der Waals surface area contributed by atoms with Gasteiger partial charge in [-0.3, -0.25) is 0 Å². The van der Waals surface area contributed by atoms with E-state index >= 15 is 0 Å². The van der Waals surface area contributed by atoms with Crippen LogP contribution in [0, 0.1) is 5.41 Å². The number of urea groups is 1. The summed E-state index contributed by atoms with van der Waals surface area (Å²) in [5.74, 6) is 0.423. The Labute approximate surface area is 117 Å². The zero-order chi connectivity index (χ0) is 13.9. The highest BCUT2D eigenvalue weighted by atomic mass is 32.1. The Morgan fingerprint density at radius 3 is 2.79 bits per heavy atom. The maximum absolute atomic E-state index is 11.6. The number of aliphatic hydroxyl groups is 1. The second-order valence-electron chi connectivity index (χ2n) is 5.53. The summed E-state index contributed by atoms with van der Waals surface area (Å²) in [6.45, 7) is 5.35. The average Bonchev–Trinajstić information content (AvgIpc) is 3.02. The molecule has 1 aromatic rings. The fourth-order valence-electron chi connectivity index (χ4n) is 1.74. The van der Waals surface area contributed by atoms with Crippen molar-refractivity contribution >= 4 is 17.4 Å². The molecular formula is C13H21N3O2S. The molecule has 1 saturated carbocycles. The molecule has 19 heavy (non-hydrogen) atoms. The number of rotatable bonds is 6. The molecule has 3 N–H and O–H groups in total. The van der Waals surface area contributed by atoms with E-state index in [2.05, 4.69) is 29.5 Å². The zero-order valence-electron chi connectivity index (χ0n) is 11.4. The molecule has 0 saturated heterocycles. The molecule has 2 rings (SSSR count). The van der Waals surface area contributed by atoms with Crippen LogP contribution in [0.5, 0.6) is 0 Å². The van der Waals surface area contributed by atoms with E-state index in [4.69, 9.17) is 5.11 Å². The van der Waals surface area contributed by atoms with E-state index in [1.807, 2.05) is 5.38 Å². The number of hydrogen-bond acceptors (Lipinski definition) is 4. The first-order valence-corrected chi connectivity index (χ1v) is 7.49. The Hall–Kier alpha value is -1.14. The third-order valence-electron chi connectivity index (χ3n) is 3.41. The molecule has 0 unspecified atom stereocenters. The molecule has 0 radical (unpaired) electrons. The predicted octanol–water partition coefficient (Wildman–Crippen LogP) is 1.84. The Kier molecular flexibility index (Phi) is 4.42. The number of thiazole rings is 1. The summed E-state index contributed by atoms with van der Waals surface area (Å²) in [4.78, 5) is 16.1. The quantitative estimate of drug-likeness (QED) is 0.746. The average molecular weight is 283 g/mol. The highest BCUT2D eigenvalue weighted by Gasteiger charge is 2.42. The highest BCUT2D eigenvalue weighted by molar-refractivity contribution is 7.09. The number of aromatic nitrogens is 1. The van der Waals surface area contributed by atoms with Crippen molar-refractivity contribution in [3.05, 3.63) is 16.1 Å². The summed E-state index contributed by atoms with van der Waals surface area (Å²) in [5, 5.41) is 17.8. The number of carbonyl (C=O) groups excluding carboxylic acids is 1. The lowest BCUT2D eigenvalue weighted by Crippen LogP contribution is -2.39. The number of hydrogen-bond donors (Lipinski definition) is 3. The SMILES string of the molecule is CC(C)c1nc(CNC(=O)NCC2(CO)CC2)cs1. The van der Waals surface area contributed by atoms with Gasteiger partial charge in [0.2, 0.25) is 0 Å². The van der Waals surface area contributed by atoms with E-state index in [0.29, 0.717) is 19.0 Å². The van der Waals surface area contributed by atoms with E-state index in [-0.39, 0.29) is 18.1 Å². The zero-order valence-corrected chi connectivity index (χ0v) is 12.2. The van der Waals surface area contributed by atoms with Gasteiger partial charge in [-0.2, -0.15) is 0 Å². The number of aliphatic hydroxyl groups excluding tert-OH is 1. The summed E-state index contributed by atoms with van der Waals surface area (Å²) in [6.07, 6.45) is 1.99. The molecular weight excluding hydrogens is 262 g/mol. The minimum absolute atomic E-state index is 0.0528. The number of nitrogens with zero attached hydrogens (tertiary/aromatic N) is 1. The molecule has 1 aliphatic carbocycles. The molecule has 6 heteroatoms. The van der Waals surface area contributed by atoms with E-state index < -0.39 is 0 Å². The van der Waals surface area contributed by atoms with E-state index in [9.17, 15) is 4.79 Å². The van der Waals surface area contributed by atoms with Crippen LogP contribution in [0.2, 0.25) is 0 Å². The molecule has 1 aliphatic rings. The number of amides is 2. The second kappa shape index (κ2) is 5.88. The molecule has 0 bridgehead atoms. The Bertz CT molecular complexity index is 441. The van der Waals surface area contributed by atoms with Gasteiger partial charge < -0.3 is 15.7 Å². The van der Waals surface area contributed by atoms with Crippen molar-refractivity contribution in [2.75, 3.05) is 13.2 Å². The maximum atomic E-state index is 11.6. The van der Waals surface area contributed by atoms with Crippen molar-refractivity contribution in [2.45, 2.75) is 39.2 Å². The minimum atomic E-state index is -0.196. The molecule has 2 amide bonds. The van der Waals surface area contributed by atoms with Crippen LogP contribution in [0.15, 0.2) is 5.38 Å². The van der Waals surface area contributed by atoms with Crippen LogP contribution in [-0.2, 0) is 6.54 Å². The van der Waals surface area contributed by atoms with Gasteiger partial charge in [0.25, 0.3) is 0 Å². The highest BCUT2D eigenvalue weighted by Crippen LogP contribution is 2.44. The lowest BCUT2D eigenvalue weighted by Gasteiger charge is -2.12. The lowest BCUT2D eigenvalue weighted by molar-refractivity contribution is 0.203. The van der Waals surface area contributed by atoms with Gasteiger partial charge in [0.05, 0.1) is 23.9 Å². The summed E-state index contributed by atoms with van der Waals surface area (Å²) in [5.41, 5.74) is 0.843. The fourth-order valence-corrected chi connectivity index (χ4v) is 2.57. The third kappa shape index (κ3) is 3.91. The van der Waals surface area contributed by atoms with Crippen LogP contribution >= 0.6 is 11.3 Å². The third-order valence-corrected chi connectivity index (χ3v) is 4.60. The van der Waals surface area contributed by atoms with Gasteiger partial charge in [-0.1, -0.05) is 13.8 Å². The molecule has 0 spiro atoms. The first kappa shape index (κ1) is 14.3. The monoisotopic (exact) mass is 283 g/mol. The van der Waals surface area contributed by atoms with Crippen molar-refractivity contribution in [2.24, 2.45) is 5.41 Å². The van der Waals surface area contributed by atoms with Gasteiger partial charge in [-0.05, 0) is 12.8 Å². The summed E-state index contributed by atoms with van der Waals surface area (Å²) in [7, 11) is 0. The smallest absolute Gasteiger partial charge is 0.315 e. The van der Waals surface area contributed by atoms with Crippen molar-refractivity contribution in [3.8, 4) is 0 Å². The second-order valence-corrected chi connectivity index (χ2v) is 6.42. The molecule has 1 fully saturated rings. The number of carbonyl (C=O) groups is 1. The van der Waals surface area contributed by atoms with E-state index in [1.165, 1.54) is 0 Å². The number of nitrogens with one attached hydrogen (secondary N) is 2. The Morgan fingerprint density at radius 2 is 2.26 bits per heavy atom.